The van der Waals surface area contributed by atoms with Crippen LogP contribution >= 0.6 is 0 Å². The lowest BCUT2D eigenvalue weighted by Gasteiger charge is -2.31. The van der Waals surface area contributed by atoms with E-state index in [1.54, 1.807) is 30.3 Å². The topological polar surface area (TPSA) is 78.5 Å². The number of hydrogen-bond donors (Lipinski definition) is 1. The van der Waals surface area contributed by atoms with Gasteiger partial charge in [-0.3, -0.25) is 9.59 Å². The molecule has 5 rings (SSSR count). The quantitative estimate of drug-likeness (QED) is 0.699. The van der Waals surface area contributed by atoms with Gasteiger partial charge in [-0.1, -0.05) is 0 Å². The number of benzene rings is 2. The summed E-state index contributed by atoms with van der Waals surface area (Å²) in [6.07, 6.45) is 0.733. The number of likely N-dealkylation sites (tertiary alicyclic amines) is 1. The minimum Gasteiger partial charge on any atom is -0.471 e. The number of nitrogens with zero attached hydrogens (tertiary/aromatic N) is 3. The number of H-pyrrole nitrogens is 1. The third-order valence-electron chi connectivity index (χ3n) is 5.57. The normalized spacial score (nSPS) is 17.7. The van der Waals surface area contributed by atoms with Crippen molar-refractivity contribution in [2.45, 2.75) is 18.8 Å². The molecule has 0 unspecified atom stereocenters. The Hall–Kier alpha value is -3.49. The highest BCUT2D eigenvalue weighted by Gasteiger charge is 2.36. The number of aromatic nitrogens is 2. The number of amides is 1. The predicted molar refractivity (Wildman–Crippen MR) is 107 cm³/mol. The summed E-state index contributed by atoms with van der Waals surface area (Å²) in [6.45, 7) is 0.329. The Morgan fingerprint density at radius 2 is 1.93 bits per heavy atom. The van der Waals surface area contributed by atoms with E-state index in [2.05, 4.69) is 9.97 Å². The summed E-state index contributed by atoms with van der Waals surface area (Å²) in [6, 6.07) is 10.4. The van der Waals surface area contributed by atoms with E-state index in [1.807, 2.05) is 11.0 Å². The zero-order valence-electron chi connectivity index (χ0n) is 15.9. The molecular formula is C21H18F2N4O3. The molecule has 1 aromatic heterocycles. The molecule has 0 spiro atoms. The van der Waals surface area contributed by atoms with E-state index in [4.69, 9.17) is 4.74 Å². The maximum absolute atomic E-state index is 13.4. The summed E-state index contributed by atoms with van der Waals surface area (Å²) in [7, 11) is 0. The second-order valence-corrected chi connectivity index (χ2v) is 7.47. The Kier molecular flexibility index (Phi) is 4.19. The summed E-state index contributed by atoms with van der Waals surface area (Å²) in [5.74, 6) is -2.43. The maximum Gasteiger partial charge on any atom is 0.258 e. The highest BCUT2D eigenvalue weighted by atomic mass is 19.3. The van der Waals surface area contributed by atoms with E-state index in [0.717, 1.165) is 11.4 Å². The molecule has 154 valence electrons. The fourth-order valence-corrected chi connectivity index (χ4v) is 3.85. The Bertz CT molecular complexity index is 1200. The first-order valence-corrected chi connectivity index (χ1v) is 9.60. The van der Waals surface area contributed by atoms with Gasteiger partial charge in [0.15, 0.2) is 6.73 Å². The Morgan fingerprint density at radius 3 is 2.73 bits per heavy atom. The first-order chi connectivity index (χ1) is 14.4. The molecule has 9 heteroatoms. The number of hydrogen-bond acceptors (Lipinski definition) is 5. The Labute approximate surface area is 169 Å². The lowest BCUT2D eigenvalue weighted by molar-refractivity contribution is -0.0494. The summed E-state index contributed by atoms with van der Waals surface area (Å²) >= 11 is 0. The number of carbonyl (C=O) groups is 1. The van der Waals surface area contributed by atoms with E-state index in [-0.39, 0.29) is 44.1 Å². The van der Waals surface area contributed by atoms with Crippen LogP contribution in [-0.4, -0.2) is 46.5 Å². The predicted octanol–water partition coefficient (Wildman–Crippen LogP) is 3.28. The standard InChI is InChI=1S/C21H18F2N4O3/c22-21(23)5-7-26(8-6-21)20(29)13-1-4-17-18(9-13)30-12-27(17)14-2-3-15-16(10-14)24-11-25-19(15)28/h1-4,9-11H,5-8,12H2,(H,24,25,28). The van der Waals surface area contributed by atoms with Gasteiger partial charge in [0, 0.05) is 37.2 Å². The number of nitrogens with one attached hydrogen (secondary N) is 1. The monoisotopic (exact) mass is 412 g/mol. The summed E-state index contributed by atoms with van der Waals surface area (Å²) < 4.78 is 32.5. The van der Waals surface area contributed by atoms with Crippen LogP contribution in [-0.2, 0) is 0 Å². The van der Waals surface area contributed by atoms with Crippen molar-refractivity contribution in [2.75, 3.05) is 24.7 Å². The van der Waals surface area contributed by atoms with E-state index in [0.29, 0.717) is 22.2 Å². The summed E-state index contributed by atoms with van der Waals surface area (Å²) in [4.78, 5) is 34.7. The van der Waals surface area contributed by atoms with E-state index < -0.39 is 5.92 Å². The number of carbonyl (C=O) groups excluding carboxylic acids is 1. The highest BCUT2D eigenvalue weighted by molar-refractivity contribution is 5.96. The molecule has 1 amide bonds. The fourth-order valence-electron chi connectivity index (χ4n) is 3.85. The number of halogens is 2. The van der Waals surface area contributed by atoms with Gasteiger partial charge in [-0.05, 0) is 36.4 Å². The Morgan fingerprint density at radius 1 is 1.13 bits per heavy atom. The number of fused-ring (bicyclic) bond motifs is 2. The number of ether oxygens (including phenoxy) is 1. The van der Waals surface area contributed by atoms with E-state index >= 15 is 0 Å². The van der Waals surface area contributed by atoms with Crippen molar-refractivity contribution >= 4 is 28.2 Å². The van der Waals surface area contributed by atoms with Crippen LogP contribution in [0.15, 0.2) is 47.5 Å². The van der Waals surface area contributed by atoms with Gasteiger partial charge in [-0.15, -0.1) is 0 Å². The molecule has 2 aromatic carbocycles. The van der Waals surface area contributed by atoms with Crippen LogP contribution < -0.4 is 15.2 Å². The lowest BCUT2D eigenvalue weighted by Crippen LogP contribution is -2.42. The third kappa shape index (κ3) is 3.16. The smallest absolute Gasteiger partial charge is 0.258 e. The summed E-state index contributed by atoms with van der Waals surface area (Å²) in [5, 5.41) is 0.495. The molecule has 0 saturated carbocycles. The number of piperidine rings is 1. The van der Waals surface area contributed by atoms with E-state index in [9.17, 15) is 18.4 Å². The van der Waals surface area contributed by atoms with E-state index in [1.165, 1.54) is 11.2 Å². The average molecular weight is 412 g/mol. The van der Waals surface area contributed by atoms with Gasteiger partial charge in [0.05, 0.1) is 22.9 Å². The highest BCUT2D eigenvalue weighted by Crippen LogP contribution is 2.40. The molecule has 3 aromatic rings. The SMILES string of the molecule is O=C(c1ccc2c(c1)OCN2c1ccc2c(=O)[nH]cnc2c1)N1CCC(F)(F)CC1. The van der Waals surface area contributed by atoms with Gasteiger partial charge < -0.3 is 19.5 Å². The largest absolute Gasteiger partial charge is 0.471 e. The Balaban J connectivity index is 1.40. The van der Waals surface area contributed by atoms with Crippen molar-refractivity contribution in [3.8, 4) is 5.75 Å². The van der Waals surface area contributed by atoms with Crippen molar-refractivity contribution in [1.29, 1.82) is 0 Å². The minimum absolute atomic E-state index is 0.0408. The van der Waals surface area contributed by atoms with Gasteiger partial charge >= 0.3 is 0 Å². The molecule has 2 aliphatic heterocycles. The van der Waals surface area contributed by atoms with Crippen LogP contribution in [0.5, 0.6) is 5.75 Å². The zero-order chi connectivity index (χ0) is 20.9. The maximum atomic E-state index is 13.4. The van der Waals surface area contributed by atoms with Crippen LogP contribution in [0.2, 0.25) is 0 Å². The van der Waals surface area contributed by atoms with Crippen molar-refractivity contribution in [2.24, 2.45) is 0 Å². The second-order valence-electron chi connectivity index (χ2n) is 7.47. The molecule has 0 aliphatic carbocycles. The zero-order valence-corrected chi connectivity index (χ0v) is 15.9. The van der Waals surface area contributed by atoms with Crippen molar-refractivity contribution in [1.82, 2.24) is 14.9 Å². The molecule has 30 heavy (non-hydrogen) atoms. The average Bonchev–Trinajstić information content (AvgIpc) is 3.16. The number of rotatable bonds is 2. The number of aromatic amines is 1. The van der Waals surface area contributed by atoms with Crippen LogP contribution in [0.3, 0.4) is 0 Å². The molecule has 0 radical (unpaired) electrons. The molecule has 1 N–H and O–H groups in total. The molecular weight excluding hydrogens is 394 g/mol. The molecule has 1 fully saturated rings. The van der Waals surface area contributed by atoms with Crippen LogP contribution in [0.1, 0.15) is 23.2 Å². The van der Waals surface area contributed by atoms with Crippen LogP contribution in [0.25, 0.3) is 10.9 Å². The molecule has 1 saturated heterocycles. The van der Waals surface area contributed by atoms with Gasteiger partial charge in [0.2, 0.25) is 0 Å². The molecule has 3 heterocycles. The summed E-state index contributed by atoms with van der Waals surface area (Å²) in [5.41, 5.74) is 2.35. The molecule has 0 bridgehead atoms. The van der Waals surface area contributed by atoms with Gasteiger partial charge in [-0.25, -0.2) is 13.8 Å². The number of anilines is 2. The molecule has 7 nitrogen and oxygen atoms in total. The first-order valence-electron chi connectivity index (χ1n) is 9.60. The van der Waals surface area contributed by atoms with Crippen molar-refractivity contribution in [3.05, 3.63) is 58.6 Å². The molecule has 2 aliphatic rings. The van der Waals surface area contributed by atoms with Gasteiger partial charge in [0.25, 0.3) is 17.4 Å². The number of alkyl halides is 2. The van der Waals surface area contributed by atoms with Crippen molar-refractivity contribution in [3.63, 3.8) is 0 Å². The van der Waals surface area contributed by atoms with Crippen LogP contribution in [0.4, 0.5) is 20.2 Å². The second kappa shape index (κ2) is 6.79. The van der Waals surface area contributed by atoms with Gasteiger partial charge in [0.1, 0.15) is 5.75 Å². The lowest BCUT2D eigenvalue weighted by atomic mass is 10.1. The first kappa shape index (κ1) is 18.5. The fraction of sp³-hybridized carbons (Fsp3) is 0.286. The third-order valence-corrected chi connectivity index (χ3v) is 5.57. The van der Waals surface area contributed by atoms with Crippen molar-refractivity contribution < 1.29 is 18.3 Å². The van der Waals surface area contributed by atoms with Crippen LogP contribution in [0, 0.1) is 0 Å². The minimum atomic E-state index is -2.70. The van der Waals surface area contributed by atoms with Gasteiger partial charge in [-0.2, -0.15) is 0 Å². The molecule has 0 atom stereocenters.